The summed E-state index contributed by atoms with van der Waals surface area (Å²) in [6.07, 6.45) is 10.6. The van der Waals surface area contributed by atoms with Gasteiger partial charge in [-0.2, -0.15) is 14.6 Å². The molecule has 0 unspecified atom stereocenters. The van der Waals surface area contributed by atoms with Crippen molar-refractivity contribution in [2.75, 3.05) is 0 Å². The summed E-state index contributed by atoms with van der Waals surface area (Å²) in [4.78, 5) is 16.1. The zero-order chi connectivity index (χ0) is 13.3. The van der Waals surface area contributed by atoms with Crippen LogP contribution in [-0.2, 0) is 5.54 Å². The van der Waals surface area contributed by atoms with E-state index < -0.39 is 0 Å². The molecule has 4 saturated carbocycles. The Hall–Kier alpha value is -1.72. The summed E-state index contributed by atoms with van der Waals surface area (Å²) in [6, 6.07) is 0. The summed E-state index contributed by atoms with van der Waals surface area (Å²) >= 11 is 0. The summed E-state index contributed by atoms with van der Waals surface area (Å²) in [7, 11) is 0. The van der Waals surface area contributed by atoms with E-state index in [0.717, 1.165) is 17.8 Å². The summed E-state index contributed by atoms with van der Waals surface area (Å²) in [5.74, 6) is 3.13. The molecule has 4 aliphatic carbocycles. The molecule has 104 valence electrons. The zero-order valence-electron chi connectivity index (χ0n) is 11.3. The Morgan fingerprint density at radius 1 is 1.05 bits per heavy atom. The molecule has 0 atom stereocenters. The van der Waals surface area contributed by atoms with Crippen molar-refractivity contribution in [2.24, 2.45) is 17.8 Å². The van der Waals surface area contributed by atoms with Crippen molar-refractivity contribution in [2.45, 2.75) is 44.1 Å². The van der Waals surface area contributed by atoms with Gasteiger partial charge in [0.2, 0.25) is 0 Å². The van der Waals surface area contributed by atoms with Crippen molar-refractivity contribution in [1.29, 1.82) is 0 Å². The molecule has 6 nitrogen and oxygen atoms in total. The first-order valence-electron chi connectivity index (χ1n) is 7.52. The van der Waals surface area contributed by atoms with E-state index in [9.17, 15) is 4.79 Å². The van der Waals surface area contributed by atoms with Crippen LogP contribution in [0.4, 0.5) is 0 Å². The SMILES string of the molecule is O=c1cnn(C23CC4CC(CC(C4)C2)C3)c2ncnn12. The lowest BCUT2D eigenvalue weighted by atomic mass is 9.53. The molecule has 0 aliphatic heterocycles. The molecule has 2 aromatic heterocycles. The zero-order valence-corrected chi connectivity index (χ0v) is 11.3. The molecule has 0 saturated heterocycles. The van der Waals surface area contributed by atoms with Crippen molar-refractivity contribution in [1.82, 2.24) is 24.4 Å². The van der Waals surface area contributed by atoms with Crippen LogP contribution in [0.3, 0.4) is 0 Å². The predicted molar refractivity (Wildman–Crippen MR) is 71.2 cm³/mol. The van der Waals surface area contributed by atoms with E-state index in [0.29, 0.717) is 5.78 Å². The number of hydrogen-bond acceptors (Lipinski definition) is 4. The van der Waals surface area contributed by atoms with Gasteiger partial charge in [-0.25, -0.2) is 4.68 Å². The van der Waals surface area contributed by atoms with Crippen molar-refractivity contribution in [3.8, 4) is 0 Å². The van der Waals surface area contributed by atoms with Crippen molar-refractivity contribution >= 4 is 5.78 Å². The maximum atomic E-state index is 11.8. The number of hydrogen-bond donors (Lipinski definition) is 0. The second kappa shape index (κ2) is 3.48. The van der Waals surface area contributed by atoms with Gasteiger partial charge in [-0.3, -0.25) is 4.79 Å². The van der Waals surface area contributed by atoms with Crippen LogP contribution in [-0.4, -0.2) is 24.4 Å². The number of nitrogens with zero attached hydrogens (tertiary/aromatic N) is 5. The lowest BCUT2D eigenvalue weighted by Crippen LogP contribution is -2.53. The topological polar surface area (TPSA) is 65.1 Å². The molecule has 4 fully saturated rings. The summed E-state index contributed by atoms with van der Waals surface area (Å²) in [5, 5.41) is 8.49. The predicted octanol–water partition coefficient (Wildman–Crippen LogP) is 1.21. The maximum absolute atomic E-state index is 11.8. The number of aromatic nitrogens is 5. The molecule has 0 amide bonds. The Kier molecular flexibility index (Phi) is 1.91. The van der Waals surface area contributed by atoms with E-state index in [1.54, 1.807) is 0 Å². The third-order valence-corrected chi connectivity index (χ3v) is 5.67. The summed E-state index contributed by atoms with van der Waals surface area (Å²) in [6.45, 7) is 0. The van der Waals surface area contributed by atoms with Crippen LogP contribution in [0.25, 0.3) is 5.78 Å². The minimum absolute atomic E-state index is 0.0801. The molecule has 0 aromatic carbocycles. The van der Waals surface area contributed by atoms with Gasteiger partial charge in [0.25, 0.3) is 11.3 Å². The molecule has 6 rings (SSSR count). The van der Waals surface area contributed by atoms with Crippen LogP contribution < -0.4 is 5.56 Å². The van der Waals surface area contributed by atoms with Gasteiger partial charge in [-0.1, -0.05) is 0 Å². The minimum Gasteiger partial charge on any atom is -0.265 e. The molecule has 2 heterocycles. The van der Waals surface area contributed by atoms with Gasteiger partial charge < -0.3 is 0 Å². The Balaban J connectivity index is 1.73. The minimum atomic E-state index is -0.196. The van der Waals surface area contributed by atoms with E-state index in [-0.39, 0.29) is 11.1 Å². The van der Waals surface area contributed by atoms with Crippen LogP contribution in [0.1, 0.15) is 38.5 Å². The van der Waals surface area contributed by atoms with Gasteiger partial charge >= 0.3 is 0 Å². The average molecular weight is 271 g/mol. The molecule has 0 spiro atoms. The molecule has 4 bridgehead atoms. The van der Waals surface area contributed by atoms with Crippen LogP contribution >= 0.6 is 0 Å². The Labute approximate surface area is 115 Å². The summed E-state index contributed by atoms with van der Waals surface area (Å²) < 4.78 is 3.40. The van der Waals surface area contributed by atoms with E-state index in [1.165, 1.54) is 55.6 Å². The Bertz CT molecular complexity index is 710. The third kappa shape index (κ3) is 1.29. The number of fused-ring (bicyclic) bond motifs is 1. The highest BCUT2D eigenvalue weighted by Crippen LogP contribution is 2.58. The van der Waals surface area contributed by atoms with Crippen LogP contribution in [0.5, 0.6) is 0 Å². The fraction of sp³-hybridized carbons (Fsp3) is 0.714. The normalized spacial score (nSPS) is 38.7. The fourth-order valence-electron chi connectivity index (χ4n) is 5.41. The van der Waals surface area contributed by atoms with E-state index in [2.05, 4.69) is 15.2 Å². The van der Waals surface area contributed by atoms with Crippen LogP contribution in [0.15, 0.2) is 17.3 Å². The largest absolute Gasteiger partial charge is 0.294 e. The highest BCUT2D eigenvalue weighted by molar-refractivity contribution is 5.27. The fourth-order valence-corrected chi connectivity index (χ4v) is 5.41. The van der Waals surface area contributed by atoms with Gasteiger partial charge in [-0.05, 0) is 56.3 Å². The molecular weight excluding hydrogens is 254 g/mol. The van der Waals surface area contributed by atoms with Crippen molar-refractivity contribution < 1.29 is 0 Å². The highest BCUT2D eigenvalue weighted by Gasteiger charge is 2.53. The first-order valence-corrected chi connectivity index (χ1v) is 7.52. The standard InChI is InChI=1S/C14H17N5O/c20-12-7-16-19(13-15-8-17-18(12)13)14-4-9-1-10(5-14)3-11(2-9)6-14/h7-11H,1-6H2. The quantitative estimate of drug-likeness (QED) is 0.782. The van der Waals surface area contributed by atoms with E-state index in [4.69, 9.17) is 0 Å². The monoisotopic (exact) mass is 271 g/mol. The van der Waals surface area contributed by atoms with Gasteiger partial charge in [-0.15, -0.1) is 5.10 Å². The first kappa shape index (κ1) is 11.0. The van der Waals surface area contributed by atoms with Gasteiger partial charge in [0, 0.05) is 0 Å². The van der Waals surface area contributed by atoms with Crippen molar-refractivity contribution in [3.63, 3.8) is 0 Å². The van der Waals surface area contributed by atoms with E-state index >= 15 is 0 Å². The third-order valence-electron chi connectivity index (χ3n) is 5.67. The Morgan fingerprint density at radius 2 is 1.70 bits per heavy atom. The maximum Gasteiger partial charge on any atom is 0.294 e. The molecule has 20 heavy (non-hydrogen) atoms. The number of rotatable bonds is 1. The van der Waals surface area contributed by atoms with Crippen molar-refractivity contribution in [3.05, 3.63) is 22.9 Å². The molecule has 6 heteroatoms. The van der Waals surface area contributed by atoms with Crippen LogP contribution in [0, 0.1) is 17.8 Å². The second-order valence-corrected chi connectivity index (χ2v) is 7.01. The Morgan fingerprint density at radius 3 is 2.35 bits per heavy atom. The highest BCUT2D eigenvalue weighted by atomic mass is 16.1. The van der Waals surface area contributed by atoms with Gasteiger partial charge in [0.05, 0.1) is 5.54 Å². The van der Waals surface area contributed by atoms with Gasteiger partial charge in [0.15, 0.2) is 0 Å². The molecular formula is C14H17N5O. The smallest absolute Gasteiger partial charge is 0.265 e. The molecule has 0 radical (unpaired) electrons. The molecule has 2 aromatic rings. The van der Waals surface area contributed by atoms with Gasteiger partial charge in [0.1, 0.15) is 12.5 Å². The lowest BCUT2D eigenvalue weighted by molar-refractivity contribution is -0.0485. The average Bonchev–Trinajstić information content (AvgIpc) is 2.87. The molecule has 0 N–H and O–H groups in total. The van der Waals surface area contributed by atoms with Crippen LogP contribution in [0.2, 0.25) is 0 Å². The van der Waals surface area contributed by atoms with E-state index in [1.807, 2.05) is 4.68 Å². The summed E-state index contributed by atoms with van der Waals surface area (Å²) in [5.41, 5.74) is -0.116. The molecule has 4 aliphatic rings. The first-order chi connectivity index (χ1) is 9.73. The second-order valence-electron chi connectivity index (χ2n) is 7.01. The lowest BCUT2D eigenvalue weighted by Gasteiger charge is -2.56.